The van der Waals surface area contributed by atoms with Gasteiger partial charge >= 0.3 is 0 Å². The Morgan fingerprint density at radius 3 is 2.71 bits per heavy atom. The number of ether oxygens (including phenoxy) is 1. The monoisotopic (exact) mass is 348 g/mol. The van der Waals surface area contributed by atoms with Gasteiger partial charge in [0.2, 0.25) is 5.88 Å². The van der Waals surface area contributed by atoms with Gasteiger partial charge in [0, 0.05) is 22.8 Å². The van der Waals surface area contributed by atoms with Gasteiger partial charge in [-0.3, -0.25) is 0 Å². The van der Waals surface area contributed by atoms with E-state index in [2.05, 4.69) is 39.2 Å². The number of aryl methyl sites for hydroxylation is 2. The van der Waals surface area contributed by atoms with E-state index < -0.39 is 0 Å². The summed E-state index contributed by atoms with van der Waals surface area (Å²) in [5.74, 6) is 1.51. The van der Waals surface area contributed by atoms with Crippen LogP contribution in [0.5, 0.6) is 11.6 Å². The molecule has 0 amide bonds. The molecule has 1 aromatic heterocycles. The molecule has 1 heterocycles. The van der Waals surface area contributed by atoms with Crippen molar-refractivity contribution in [3.8, 4) is 11.6 Å². The van der Waals surface area contributed by atoms with Gasteiger partial charge in [-0.25, -0.2) is 4.98 Å². The molecule has 0 aliphatic carbocycles. The Morgan fingerprint density at radius 2 is 2.05 bits per heavy atom. The number of aromatic nitrogens is 1. The maximum absolute atomic E-state index is 5.98. The summed E-state index contributed by atoms with van der Waals surface area (Å²) < 4.78 is 7.03. The smallest absolute Gasteiger partial charge is 0.219 e. The summed E-state index contributed by atoms with van der Waals surface area (Å²) in [5.41, 5.74) is 3.36. The third-order valence-electron chi connectivity index (χ3n) is 3.15. The van der Waals surface area contributed by atoms with Crippen LogP contribution >= 0.6 is 15.9 Å². The Labute approximate surface area is 134 Å². The number of benzene rings is 1. The first-order chi connectivity index (χ1) is 10.1. The molecule has 0 fully saturated rings. The lowest BCUT2D eigenvalue weighted by Gasteiger charge is -2.11. The predicted octanol–water partition coefficient (Wildman–Crippen LogP) is 4.62. The van der Waals surface area contributed by atoms with Crippen molar-refractivity contribution in [2.45, 2.75) is 33.2 Å². The van der Waals surface area contributed by atoms with Crippen LogP contribution < -0.4 is 10.1 Å². The molecule has 3 nitrogen and oxygen atoms in total. The van der Waals surface area contributed by atoms with Crippen LogP contribution in [0.1, 0.15) is 30.2 Å². The molecule has 0 aliphatic rings. The second-order valence-electron chi connectivity index (χ2n) is 5.10. The molecule has 21 heavy (non-hydrogen) atoms. The number of nitrogens with zero attached hydrogens (tertiary/aromatic N) is 1. The molecule has 1 N–H and O–H groups in total. The zero-order chi connectivity index (χ0) is 15.2. The fraction of sp³-hybridized carbons (Fsp3) is 0.353. The van der Waals surface area contributed by atoms with E-state index in [1.165, 1.54) is 5.56 Å². The number of nitrogens with one attached hydrogen (secondary N) is 1. The van der Waals surface area contributed by atoms with Gasteiger partial charge in [-0.1, -0.05) is 29.3 Å². The van der Waals surface area contributed by atoms with Crippen molar-refractivity contribution in [2.24, 2.45) is 0 Å². The van der Waals surface area contributed by atoms with E-state index in [0.29, 0.717) is 5.88 Å². The Morgan fingerprint density at radius 1 is 1.24 bits per heavy atom. The normalized spacial score (nSPS) is 10.7. The zero-order valence-electron chi connectivity index (χ0n) is 12.7. The second kappa shape index (κ2) is 7.57. The van der Waals surface area contributed by atoms with E-state index in [4.69, 9.17) is 4.74 Å². The summed E-state index contributed by atoms with van der Waals surface area (Å²) in [6.07, 6.45) is 2.04. The highest BCUT2D eigenvalue weighted by Crippen LogP contribution is 2.27. The average molecular weight is 349 g/mol. The maximum atomic E-state index is 5.98. The molecule has 0 bridgehead atoms. The zero-order valence-corrected chi connectivity index (χ0v) is 14.3. The average Bonchev–Trinajstić information content (AvgIpc) is 2.42. The van der Waals surface area contributed by atoms with Crippen LogP contribution in [-0.4, -0.2) is 12.0 Å². The predicted molar refractivity (Wildman–Crippen MR) is 89.9 cm³/mol. The van der Waals surface area contributed by atoms with E-state index in [-0.39, 0.29) is 0 Å². The summed E-state index contributed by atoms with van der Waals surface area (Å²) in [4.78, 5) is 4.60. The first kappa shape index (κ1) is 16.0. The summed E-state index contributed by atoms with van der Waals surface area (Å²) >= 11 is 3.47. The molecule has 2 aromatic rings. The van der Waals surface area contributed by atoms with Crippen molar-refractivity contribution in [3.63, 3.8) is 0 Å². The molecule has 0 atom stereocenters. The van der Waals surface area contributed by atoms with Crippen LogP contribution in [0.2, 0.25) is 0 Å². The molecule has 1 aromatic carbocycles. The SMILES string of the molecule is CCCc1cc(CNC)cc(Oc2ccc(Br)cc2C)n1. The third kappa shape index (κ3) is 4.55. The molecule has 0 aliphatic heterocycles. The van der Waals surface area contributed by atoms with Gasteiger partial charge in [0.15, 0.2) is 0 Å². The Bertz CT molecular complexity index is 589. The number of hydrogen-bond acceptors (Lipinski definition) is 3. The van der Waals surface area contributed by atoms with Crippen LogP contribution in [0.4, 0.5) is 0 Å². The topological polar surface area (TPSA) is 34.1 Å². The van der Waals surface area contributed by atoms with Crippen molar-refractivity contribution < 1.29 is 4.74 Å². The van der Waals surface area contributed by atoms with Gasteiger partial charge in [-0.2, -0.15) is 0 Å². The summed E-state index contributed by atoms with van der Waals surface area (Å²) in [5, 5.41) is 3.17. The number of halogens is 1. The highest BCUT2D eigenvalue weighted by molar-refractivity contribution is 9.10. The van der Waals surface area contributed by atoms with E-state index in [1.807, 2.05) is 38.2 Å². The summed E-state index contributed by atoms with van der Waals surface area (Å²) in [7, 11) is 1.94. The van der Waals surface area contributed by atoms with Gasteiger partial charge in [0.1, 0.15) is 5.75 Å². The van der Waals surface area contributed by atoms with Gasteiger partial charge in [-0.05, 0) is 55.8 Å². The molecule has 4 heteroatoms. The van der Waals surface area contributed by atoms with Gasteiger partial charge in [0.05, 0.1) is 0 Å². The number of pyridine rings is 1. The molecule has 0 unspecified atom stereocenters. The highest BCUT2D eigenvalue weighted by atomic mass is 79.9. The minimum absolute atomic E-state index is 0.664. The van der Waals surface area contributed by atoms with E-state index in [9.17, 15) is 0 Å². The Hall–Kier alpha value is -1.39. The van der Waals surface area contributed by atoms with E-state index >= 15 is 0 Å². The lowest BCUT2D eigenvalue weighted by Crippen LogP contribution is -2.07. The summed E-state index contributed by atoms with van der Waals surface area (Å²) in [6.45, 7) is 5.01. The largest absolute Gasteiger partial charge is 0.439 e. The van der Waals surface area contributed by atoms with E-state index in [0.717, 1.165) is 40.9 Å². The van der Waals surface area contributed by atoms with Crippen LogP contribution in [0.3, 0.4) is 0 Å². The Kier molecular flexibility index (Phi) is 5.76. The van der Waals surface area contributed by atoms with Crippen molar-refractivity contribution in [1.82, 2.24) is 10.3 Å². The van der Waals surface area contributed by atoms with Crippen LogP contribution in [0.15, 0.2) is 34.8 Å². The molecular formula is C17H21BrN2O. The van der Waals surface area contributed by atoms with Crippen molar-refractivity contribution in [2.75, 3.05) is 7.05 Å². The van der Waals surface area contributed by atoms with Gasteiger partial charge < -0.3 is 10.1 Å². The fourth-order valence-corrected chi connectivity index (χ4v) is 2.68. The lowest BCUT2D eigenvalue weighted by atomic mass is 10.1. The quantitative estimate of drug-likeness (QED) is 0.827. The minimum Gasteiger partial charge on any atom is -0.439 e. The molecule has 0 saturated heterocycles. The fourth-order valence-electron chi connectivity index (χ4n) is 2.20. The summed E-state index contributed by atoms with van der Waals surface area (Å²) in [6, 6.07) is 10.1. The second-order valence-corrected chi connectivity index (χ2v) is 6.01. The van der Waals surface area contributed by atoms with Crippen molar-refractivity contribution >= 4 is 15.9 Å². The van der Waals surface area contributed by atoms with Crippen LogP contribution in [-0.2, 0) is 13.0 Å². The highest BCUT2D eigenvalue weighted by Gasteiger charge is 2.07. The first-order valence-corrected chi connectivity index (χ1v) is 8.00. The standard InChI is InChI=1S/C17H21BrN2O/c1-4-5-15-9-13(11-19-3)10-17(20-15)21-16-7-6-14(18)8-12(16)2/h6-10,19H,4-5,11H2,1-3H3. The van der Waals surface area contributed by atoms with Crippen LogP contribution in [0, 0.1) is 6.92 Å². The molecular weight excluding hydrogens is 328 g/mol. The molecule has 0 saturated carbocycles. The molecule has 112 valence electrons. The van der Waals surface area contributed by atoms with Crippen molar-refractivity contribution in [3.05, 3.63) is 51.6 Å². The molecule has 0 radical (unpaired) electrons. The first-order valence-electron chi connectivity index (χ1n) is 7.20. The third-order valence-corrected chi connectivity index (χ3v) is 3.65. The van der Waals surface area contributed by atoms with Gasteiger partial charge in [-0.15, -0.1) is 0 Å². The number of rotatable bonds is 6. The Balaban J connectivity index is 2.29. The van der Waals surface area contributed by atoms with Crippen molar-refractivity contribution in [1.29, 1.82) is 0 Å². The molecule has 2 rings (SSSR count). The van der Waals surface area contributed by atoms with Crippen LogP contribution in [0.25, 0.3) is 0 Å². The minimum atomic E-state index is 0.664. The van der Waals surface area contributed by atoms with E-state index in [1.54, 1.807) is 0 Å². The lowest BCUT2D eigenvalue weighted by molar-refractivity contribution is 0.456. The maximum Gasteiger partial charge on any atom is 0.219 e. The molecule has 0 spiro atoms. The number of hydrogen-bond donors (Lipinski definition) is 1. The van der Waals surface area contributed by atoms with Gasteiger partial charge in [0.25, 0.3) is 0 Å².